The Labute approximate surface area is 120 Å². The normalized spacial score (nSPS) is 26.5. The maximum absolute atomic E-state index is 6.05. The molecule has 1 fully saturated rings. The summed E-state index contributed by atoms with van der Waals surface area (Å²) >= 11 is 0. The van der Waals surface area contributed by atoms with Crippen molar-refractivity contribution in [3.63, 3.8) is 0 Å². The fourth-order valence-electron chi connectivity index (χ4n) is 3.07. The minimum Gasteiger partial charge on any atom is -0.491 e. The number of nitrogens with two attached hydrogens (primary N) is 1. The van der Waals surface area contributed by atoms with Crippen LogP contribution in [-0.4, -0.2) is 43.9 Å². The summed E-state index contributed by atoms with van der Waals surface area (Å²) in [6.07, 6.45) is 2.30. The molecule has 3 rings (SSSR count). The molecular weight excluding hydrogens is 252 g/mol. The molecule has 4 nitrogen and oxygen atoms in total. The topological polar surface area (TPSA) is 47.7 Å². The highest BCUT2D eigenvalue weighted by Crippen LogP contribution is 2.31. The summed E-state index contributed by atoms with van der Waals surface area (Å²) in [4.78, 5) is 2.40. The van der Waals surface area contributed by atoms with Crippen molar-refractivity contribution >= 4 is 0 Å². The second-order valence-electron chi connectivity index (χ2n) is 5.70. The Kier molecular flexibility index (Phi) is 4.24. The van der Waals surface area contributed by atoms with Crippen LogP contribution in [0.2, 0.25) is 0 Å². The molecule has 0 spiro atoms. The number of likely N-dealkylation sites (N-methyl/N-ethyl adjacent to an activating group) is 1. The van der Waals surface area contributed by atoms with Gasteiger partial charge in [-0.1, -0.05) is 13.0 Å². The molecule has 20 heavy (non-hydrogen) atoms. The van der Waals surface area contributed by atoms with Crippen molar-refractivity contribution in [2.24, 2.45) is 5.73 Å². The monoisotopic (exact) mass is 276 g/mol. The predicted molar refractivity (Wildman–Crippen MR) is 79.0 cm³/mol. The van der Waals surface area contributed by atoms with Gasteiger partial charge < -0.3 is 15.2 Å². The quantitative estimate of drug-likeness (QED) is 0.910. The van der Waals surface area contributed by atoms with Gasteiger partial charge in [-0.3, -0.25) is 4.90 Å². The highest BCUT2D eigenvalue weighted by Gasteiger charge is 2.21. The Morgan fingerprint density at radius 3 is 3.20 bits per heavy atom. The van der Waals surface area contributed by atoms with Crippen molar-refractivity contribution < 1.29 is 9.47 Å². The molecule has 1 aromatic rings. The molecule has 2 atom stereocenters. The molecule has 1 saturated heterocycles. The van der Waals surface area contributed by atoms with E-state index >= 15 is 0 Å². The van der Waals surface area contributed by atoms with Crippen molar-refractivity contribution in [3.8, 4) is 5.75 Å². The number of hydrogen-bond acceptors (Lipinski definition) is 4. The van der Waals surface area contributed by atoms with E-state index < -0.39 is 0 Å². The zero-order valence-electron chi connectivity index (χ0n) is 12.2. The van der Waals surface area contributed by atoms with Crippen molar-refractivity contribution in [2.45, 2.75) is 31.9 Å². The van der Waals surface area contributed by atoms with Gasteiger partial charge in [-0.2, -0.15) is 0 Å². The number of rotatable bonds is 4. The Hall–Kier alpha value is -1.10. The summed E-state index contributed by atoms with van der Waals surface area (Å²) in [5, 5.41) is 0. The lowest BCUT2D eigenvalue weighted by Crippen LogP contribution is -2.44. The molecular formula is C16H24N2O2. The van der Waals surface area contributed by atoms with E-state index in [9.17, 15) is 0 Å². The van der Waals surface area contributed by atoms with E-state index in [-0.39, 0.29) is 12.1 Å². The van der Waals surface area contributed by atoms with Gasteiger partial charge >= 0.3 is 0 Å². The lowest BCUT2D eigenvalue weighted by atomic mass is 10.1. The van der Waals surface area contributed by atoms with Gasteiger partial charge in [0.1, 0.15) is 18.5 Å². The number of aryl methyl sites for hydroxylation is 1. The summed E-state index contributed by atoms with van der Waals surface area (Å²) in [6, 6.07) is 6.49. The largest absolute Gasteiger partial charge is 0.491 e. The summed E-state index contributed by atoms with van der Waals surface area (Å²) < 4.78 is 11.7. The molecule has 0 bridgehead atoms. The number of hydrogen-bond donors (Lipinski definition) is 1. The SMILES string of the molecule is CCN1CCOC(COc2ccc3c(c2)CC[C@@H]3N)C1. The van der Waals surface area contributed by atoms with E-state index in [4.69, 9.17) is 15.2 Å². The van der Waals surface area contributed by atoms with Crippen LogP contribution >= 0.6 is 0 Å². The van der Waals surface area contributed by atoms with Crippen LogP contribution in [0.3, 0.4) is 0 Å². The Morgan fingerprint density at radius 1 is 1.45 bits per heavy atom. The molecule has 0 saturated carbocycles. The molecule has 0 amide bonds. The third kappa shape index (κ3) is 2.97. The maximum Gasteiger partial charge on any atom is 0.119 e. The third-order valence-electron chi connectivity index (χ3n) is 4.34. The van der Waals surface area contributed by atoms with Gasteiger partial charge in [-0.05, 0) is 42.6 Å². The van der Waals surface area contributed by atoms with Gasteiger partial charge in [-0.15, -0.1) is 0 Å². The van der Waals surface area contributed by atoms with Crippen molar-refractivity contribution in [2.75, 3.05) is 32.8 Å². The molecule has 1 heterocycles. The number of benzene rings is 1. The summed E-state index contributed by atoms with van der Waals surface area (Å²) in [7, 11) is 0. The van der Waals surface area contributed by atoms with Crippen LogP contribution in [0, 0.1) is 0 Å². The first-order valence-electron chi connectivity index (χ1n) is 7.61. The molecule has 1 aliphatic heterocycles. The van der Waals surface area contributed by atoms with Crippen molar-refractivity contribution in [3.05, 3.63) is 29.3 Å². The lowest BCUT2D eigenvalue weighted by molar-refractivity contribution is -0.0464. The lowest BCUT2D eigenvalue weighted by Gasteiger charge is -2.31. The number of morpholine rings is 1. The van der Waals surface area contributed by atoms with Crippen LogP contribution in [0.5, 0.6) is 5.75 Å². The Morgan fingerprint density at radius 2 is 2.35 bits per heavy atom. The van der Waals surface area contributed by atoms with Crippen molar-refractivity contribution in [1.82, 2.24) is 4.90 Å². The highest BCUT2D eigenvalue weighted by atomic mass is 16.5. The van der Waals surface area contributed by atoms with Crippen LogP contribution in [0.25, 0.3) is 0 Å². The molecule has 2 N–H and O–H groups in total. The molecule has 2 aliphatic rings. The van der Waals surface area contributed by atoms with Gasteiger partial charge in [0.25, 0.3) is 0 Å². The first kappa shape index (κ1) is 13.9. The maximum atomic E-state index is 6.05. The number of fused-ring (bicyclic) bond motifs is 1. The summed E-state index contributed by atoms with van der Waals surface area (Å²) in [6.45, 7) is 6.70. The van der Waals surface area contributed by atoms with E-state index in [1.54, 1.807) is 0 Å². The van der Waals surface area contributed by atoms with E-state index in [1.807, 2.05) is 6.07 Å². The molecule has 0 aromatic heterocycles. The van der Waals surface area contributed by atoms with Crippen LogP contribution in [0.15, 0.2) is 18.2 Å². The minimum absolute atomic E-state index is 0.180. The van der Waals surface area contributed by atoms with Gasteiger partial charge in [-0.25, -0.2) is 0 Å². The smallest absolute Gasteiger partial charge is 0.119 e. The zero-order chi connectivity index (χ0) is 13.9. The van der Waals surface area contributed by atoms with Crippen LogP contribution < -0.4 is 10.5 Å². The predicted octanol–water partition coefficient (Wildman–Crippen LogP) is 1.73. The first-order chi connectivity index (χ1) is 9.76. The van der Waals surface area contributed by atoms with Crippen LogP contribution in [0.4, 0.5) is 0 Å². The van der Waals surface area contributed by atoms with Crippen LogP contribution in [0.1, 0.15) is 30.5 Å². The van der Waals surface area contributed by atoms with Gasteiger partial charge in [0, 0.05) is 19.1 Å². The van der Waals surface area contributed by atoms with E-state index in [2.05, 4.69) is 24.0 Å². The van der Waals surface area contributed by atoms with Crippen molar-refractivity contribution in [1.29, 1.82) is 0 Å². The van der Waals surface area contributed by atoms with E-state index in [0.29, 0.717) is 6.61 Å². The van der Waals surface area contributed by atoms with Crippen LogP contribution in [-0.2, 0) is 11.2 Å². The average molecular weight is 276 g/mol. The standard InChI is InChI=1S/C16H24N2O2/c1-2-18-7-8-19-14(10-18)11-20-13-4-5-15-12(9-13)3-6-16(15)17/h4-5,9,14,16H,2-3,6-8,10-11,17H2,1H3/t14?,16-/m0/s1. The van der Waals surface area contributed by atoms with Gasteiger partial charge in [0.05, 0.1) is 6.61 Å². The Balaban J connectivity index is 1.56. The fraction of sp³-hybridized carbons (Fsp3) is 0.625. The Bertz CT molecular complexity index is 464. The van der Waals surface area contributed by atoms with E-state index in [1.165, 1.54) is 11.1 Å². The number of nitrogens with zero attached hydrogens (tertiary/aromatic N) is 1. The minimum atomic E-state index is 0.180. The fourth-order valence-corrected chi connectivity index (χ4v) is 3.07. The number of ether oxygens (including phenoxy) is 2. The van der Waals surface area contributed by atoms with E-state index in [0.717, 1.165) is 44.8 Å². The second kappa shape index (κ2) is 6.12. The average Bonchev–Trinajstić information content (AvgIpc) is 2.86. The molecule has 1 unspecified atom stereocenters. The first-order valence-corrected chi connectivity index (χ1v) is 7.61. The molecule has 1 aliphatic carbocycles. The van der Waals surface area contributed by atoms with Gasteiger partial charge in [0.2, 0.25) is 0 Å². The molecule has 4 heteroatoms. The zero-order valence-corrected chi connectivity index (χ0v) is 12.2. The second-order valence-corrected chi connectivity index (χ2v) is 5.70. The third-order valence-corrected chi connectivity index (χ3v) is 4.34. The molecule has 0 radical (unpaired) electrons. The van der Waals surface area contributed by atoms with Gasteiger partial charge in [0.15, 0.2) is 0 Å². The molecule has 1 aromatic carbocycles. The molecule has 110 valence electrons. The summed E-state index contributed by atoms with van der Waals surface area (Å²) in [5.41, 5.74) is 8.67. The highest BCUT2D eigenvalue weighted by molar-refractivity contribution is 5.40. The summed E-state index contributed by atoms with van der Waals surface area (Å²) in [5.74, 6) is 0.940.